The minimum atomic E-state index is -0.944. The van der Waals surface area contributed by atoms with Crippen molar-refractivity contribution in [2.45, 2.75) is 24.7 Å². The predicted octanol–water partition coefficient (Wildman–Crippen LogP) is -0.00910. The molecule has 0 unspecified atom stereocenters. The summed E-state index contributed by atoms with van der Waals surface area (Å²) in [5.41, 5.74) is 5.66. The van der Waals surface area contributed by atoms with E-state index in [-0.39, 0.29) is 30.3 Å². The number of methoxy groups -OCH3 is 1. The summed E-state index contributed by atoms with van der Waals surface area (Å²) in [7, 11) is 4.87. The van der Waals surface area contributed by atoms with Crippen LogP contribution in [0.15, 0.2) is 22.5 Å². The van der Waals surface area contributed by atoms with Gasteiger partial charge >= 0.3 is 6.09 Å². The Kier molecular flexibility index (Phi) is 5.34. The van der Waals surface area contributed by atoms with Crippen LogP contribution in [0.25, 0.3) is 0 Å². The molecule has 0 saturated carbocycles. The molecule has 2 saturated heterocycles. The summed E-state index contributed by atoms with van der Waals surface area (Å²) in [5, 5.41) is 6.47. The molecule has 1 amide bonds. The highest BCUT2D eigenvalue weighted by molar-refractivity contribution is 8.76. The van der Waals surface area contributed by atoms with Gasteiger partial charge in [0.25, 0.3) is 0 Å². The van der Waals surface area contributed by atoms with Crippen molar-refractivity contribution in [2.24, 2.45) is 11.7 Å². The molecule has 3 heterocycles. The molecule has 9 nitrogen and oxygen atoms in total. The van der Waals surface area contributed by atoms with Crippen molar-refractivity contribution in [1.82, 2.24) is 15.5 Å². The molecule has 2 fully saturated rings. The average Bonchev–Trinajstić information content (AvgIpc) is 3.30. The van der Waals surface area contributed by atoms with E-state index in [2.05, 4.69) is 10.6 Å². The molecule has 4 rings (SSSR count). The lowest BCUT2D eigenvalue weighted by Gasteiger charge is -2.39. The third-order valence-electron chi connectivity index (χ3n) is 6.03. The zero-order valence-corrected chi connectivity index (χ0v) is 18.1. The van der Waals surface area contributed by atoms with E-state index in [0.717, 1.165) is 5.75 Å². The molecule has 1 aliphatic carbocycles. The van der Waals surface area contributed by atoms with Gasteiger partial charge in [0.05, 0.1) is 23.4 Å². The van der Waals surface area contributed by atoms with Crippen LogP contribution in [0.4, 0.5) is 4.79 Å². The van der Waals surface area contributed by atoms with Gasteiger partial charge in [0.2, 0.25) is 11.6 Å². The van der Waals surface area contributed by atoms with Crippen molar-refractivity contribution >= 4 is 39.2 Å². The van der Waals surface area contributed by atoms with Gasteiger partial charge in [0.1, 0.15) is 6.61 Å². The van der Waals surface area contributed by atoms with E-state index in [1.54, 1.807) is 35.6 Å². The Bertz CT molecular complexity index is 844. The molecule has 0 aromatic heterocycles. The predicted molar refractivity (Wildman–Crippen MR) is 110 cm³/mol. The molecule has 0 spiro atoms. The summed E-state index contributed by atoms with van der Waals surface area (Å²) in [5.74, 6) is -0.250. The van der Waals surface area contributed by atoms with Gasteiger partial charge in [-0.15, -0.1) is 0 Å². The number of Topliss-reactive ketones (excluding diaryl/α,β-unsaturated/α-hetero) is 2. The van der Waals surface area contributed by atoms with Crippen LogP contribution in [-0.2, 0) is 19.1 Å². The lowest BCUT2D eigenvalue weighted by atomic mass is 9.82. The maximum atomic E-state index is 13.5. The van der Waals surface area contributed by atoms with Crippen molar-refractivity contribution in [2.75, 3.05) is 38.8 Å². The second-order valence-corrected chi connectivity index (χ2v) is 10.0. The minimum absolute atomic E-state index is 0.0464. The number of hydrogen-bond acceptors (Lipinski definition) is 10. The van der Waals surface area contributed by atoms with E-state index in [9.17, 15) is 14.4 Å². The van der Waals surface area contributed by atoms with E-state index in [1.807, 2.05) is 11.2 Å². The monoisotopic (exact) mass is 440 g/mol. The number of nitrogens with one attached hydrogen (secondary N) is 2. The van der Waals surface area contributed by atoms with Crippen molar-refractivity contribution in [3.05, 3.63) is 22.5 Å². The average molecular weight is 441 g/mol. The number of ether oxygens (including phenoxy) is 2. The van der Waals surface area contributed by atoms with Crippen molar-refractivity contribution in [3.63, 3.8) is 0 Å². The largest absolute Gasteiger partial charge is 0.449 e. The number of allylic oxidation sites excluding steroid dienone is 2. The summed E-state index contributed by atoms with van der Waals surface area (Å²) >= 11 is 0. The number of fused-ring (bicyclic) bond motifs is 4. The number of carbonyl (C=O) groups excluding carboxylic acids is 3. The third-order valence-corrected chi connectivity index (χ3v) is 7.85. The molecule has 158 valence electrons. The van der Waals surface area contributed by atoms with E-state index in [0.29, 0.717) is 35.6 Å². The number of amides is 1. The number of piperazine rings is 1. The van der Waals surface area contributed by atoms with Gasteiger partial charge < -0.3 is 30.7 Å². The second-order valence-electron chi connectivity index (χ2n) is 7.34. The van der Waals surface area contributed by atoms with Crippen LogP contribution in [-0.4, -0.2) is 79.2 Å². The van der Waals surface area contributed by atoms with Crippen LogP contribution in [0.3, 0.4) is 0 Å². The number of nitrogens with two attached hydrogens (primary N) is 1. The lowest BCUT2D eigenvalue weighted by molar-refractivity contribution is -0.137. The number of nitrogens with zero attached hydrogens (tertiary/aromatic N) is 1. The normalized spacial score (nSPS) is 32.4. The standard InChI is InChI=1S/C18H24N4O5S2/c1-8-12(20-4-5-29-28-3)15(24)11-9(7-27-17(19)25)18(26-2)16-10(21-16)6-22(18)13(11)14(8)23/h9-10,16,20-21H,4-7H2,1-3H3,(H2,19,25)/t9-,10+,16+,18-/m1/s1. The Morgan fingerprint density at radius 1 is 1.41 bits per heavy atom. The zero-order valence-electron chi connectivity index (χ0n) is 16.4. The first-order valence-corrected chi connectivity index (χ1v) is 12.1. The molecular formula is C18H24N4O5S2. The van der Waals surface area contributed by atoms with Crippen LogP contribution in [0.2, 0.25) is 0 Å². The number of carbonyl (C=O) groups is 3. The molecule has 4 aliphatic rings. The summed E-state index contributed by atoms with van der Waals surface area (Å²) in [4.78, 5) is 39.9. The van der Waals surface area contributed by atoms with Gasteiger partial charge in [-0.05, 0) is 13.2 Å². The van der Waals surface area contributed by atoms with Gasteiger partial charge in [-0.3, -0.25) is 9.59 Å². The van der Waals surface area contributed by atoms with Gasteiger partial charge in [-0.1, -0.05) is 21.6 Å². The van der Waals surface area contributed by atoms with E-state index >= 15 is 0 Å². The first kappa shape index (κ1) is 20.6. The molecular weight excluding hydrogens is 416 g/mol. The molecule has 4 atom stereocenters. The molecule has 4 N–H and O–H groups in total. The topological polar surface area (TPSA) is 133 Å². The Morgan fingerprint density at radius 2 is 2.17 bits per heavy atom. The smallest absolute Gasteiger partial charge is 0.404 e. The van der Waals surface area contributed by atoms with Gasteiger partial charge in [-0.2, -0.15) is 0 Å². The number of primary amides is 1. The maximum absolute atomic E-state index is 13.5. The molecule has 0 bridgehead atoms. The summed E-state index contributed by atoms with van der Waals surface area (Å²) in [6.45, 7) is 2.67. The number of rotatable bonds is 8. The third kappa shape index (κ3) is 2.97. The Balaban J connectivity index is 1.69. The molecule has 3 aliphatic heterocycles. The van der Waals surface area contributed by atoms with Crippen LogP contribution < -0.4 is 16.4 Å². The second kappa shape index (κ2) is 7.53. The number of ketones is 2. The maximum Gasteiger partial charge on any atom is 0.404 e. The van der Waals surface area contributed by atoms with Gasteiger partial charge in [0.15, 0.2) is 5.72 Å². The van der Waals surface area contributed by atoms with Crippen LogP contribution in [0.1, 0.15) is 6.92 Å². The van der Waals surface area contributed by atoms with Gasteiger partial charge in [0, 0.05) is 43.1 Å². The molecule has 11 heteroatoms. The van der Waals surface area contributed by atoms with Crippen molar-refractivity contribution in [1.29, 1.82) is 0 Å². The Morgan fingerprint density at radius 3 is 2.83 bits per heavy atom. The lowest BCUT2D eigenvalue weighted by Crippen LogP contribution is -2.55. The van der Waals surface area contributed by atoms with Crippen LogP contribution in [0, 0.1) is 5.92 Å². The Hall–Kier alpha value is -1.69. The first-order valence-electron chi connectivity index (χ1n) is 9.33. The van der Waals surface area contributed by atoms with Crippen molar-refractivity contribution in [3.8, 4) is 0 Å². The van der Waals surface area contributed by atoms with Crippen molar-refractivity contribution < 1.29 is 23.9 Å². The fourth-order valence-electron chi connectivity index (χ4n) is 4.80. The highest BCUT2D eigenvalue weighted by Gasteiger charge is 2.72. The molecule has 0 radical (unpaired) electrons. The van der Waals surface area contributed by atoms with Crippen LogP contribution >= 0.6 is 21.6 Å². The summed E-state index contributed by atoms with van der Waals surface area (Å²) in [6.07, 6.45) is 1.06. The van der Waals surface area contributed by atoms with E-state index in [1.165, 1.54) is 0 Å². The fourth-order valence-corrected chi connectivity index (χ4v) is 5.91. The zero-order chi connectivity index (χ0) is 20.9. The fraction of sp³-hybridized carbons (Fsp3) is 0.611. The Labute approximate surface area is 176 Å². The number of hydrogen-bond donors (Lipinski definition) is 3. The SMILES string of the molecule is CO[C@@]12[C@H](COC(N)=O)C3=C(C(=O)C(C)=C(NCCSSC)C3=O)N1C[C@@H]1N[C@@H]12. The highest BCUT2D eigenvalue weighted by Crippen LogP contribution is 2.55. The van der Waals surface area contributed by atoms with Gasteiger partial charge in [-0.25, -0.2) is 4.79 Å². The van der Waals surface area contributed by atoms with E-state index in [4.69, 9.17) is 15.2 Å². The first-order chi connectivity index (χ1) is 13.9. The van der Waals surface area contributed by atoms with E-state index < -0.39 is 17.7 Å². The summed E-state index contributed by atoms with van der Waals surface area (Å²) < 4.78 is 11.0. The quantitative estimate of drug-likeness (QED) is 0.205. The molecule has 0 aromatic rings. The minimum Gasteiger partial charge on any atom is -0.449 e. The van der Waals surface area contributed by atoms with Crippen LogP contribution in [0.5, 0.6) is 0 Å². The molecule has 29 heavy (non-hydrogen) atoms. The highest BCUT2D eigenvalue weighted by atomic mass is 33.1. The molecule has 0 aromatic carbocycles. The summed E-state index contributed by atoms with van der Waals surface area (Å²) in [6, 6.07) is 0.130.